The molecule has 1 amide bonds. The van der Waals surface area contributed by atoms with E-state index >= 15 is 0 Å². The third kappa shape index (κ3) is 3.57. The zero-order valence-electron chi connectivity index (χ0n) is 16.6. The first-order valence-electron chi connectivity index (χ1n) is 9.75. The number of fused-ring (bicyclic) bond motifs is 4. The Morgan fingerprint density at radius 2 is 1.68 bits per heavy atom. The van der Waals surface area contributed by atoms with Gasteiger partial charge < -0.3 is 9.88 Å². The maximum absolute atomic E-state index is 13.1. The number of rotatable bonds is 4. The molecule has 0 spiro atoms. The molecule has 0 unspecified atom stereocenters. The average molecular weight is 473 g/mol. The monoisotopic (exact) mass is 472 g/mol. The van der Waals surface area contributed by atoms with Gasteiger partial charge in [-0.1, -0.05) is 28.1 Å². The molecule has 3 aromatic carbocycles. The Morgan fingerprint density at radius 1 is 0.968 bits per heavy atom. The Balaban J connectivity index is 1.62. The third-order valence-corrected chi connectivity index (χ3v) is 5.63. The lowest BCUT2D eigenvalue weighted by molar-refractivity contribution is -0.114. The topological polar surface area (TPSA) is 76.9 Å². The molecule has 0 aliphatic rings. The van der Waals surface area contributed by atoms with E-state index in [1.165, 1.54) is 6.92 Å². The first-order valence-corrected chi connectivity index (χ1v) is 10.5. The van der Waals surface area contributed by atoms with Crippen molar-refractivity contribution in [1.82, 2.24) is 14.5 Å². The van der Waals surface area contributed by atoms with E-state index in [1.54, 1.807) is 24.3 Å². The van der Waals surface area contributed by atoms with E-state index < -0.39 is 0 Å². The molecular weight excluding hydrogens is 456 g/mol. The molecular formula is C24H17BrN4O2. The molecule has 0 aliphatic heterocycles. The fourth-order valence-corrected chi connectivity index (χ4v) is 4.11. The maximum Gasteiger partial charge on any atom is 0.221 e. The molecule has 0 atom stereocenters. The summed E-state index contributed by atoms with van der Waals surface area (Å²) in [5.41, 5.74) is 5.16. The van der Waals surface area contributed by atoms with Crippen molar-refractivity contribution in [2.75, 3.05) is 5.32 Å². The highest BCUT2D eigenvalue weighted by Crippen LogP contribution is 2.30. The van der Waals surface area contributed by atoms with Crippen LogP contribution >= 0.6 is 15.9 Å². The summed E-state index contributed by atoms with van der Waals surface area (Å²) < 4.78 is 2.86. The number of hydrogen-bond acceptors (Lipinski definition) is 4. The van der Waals surface area contributed by atoms with Crippen LogP contribution in [0.4, 0.5) is 5.69 Å². The van der Waals surface area contributed by atoms with Gasteiger partial charge in [0.15, 0.2) is 11.4 Å². The van der Waals surface area contributed by atoms with Gasteiger partial charge in [-0.3, -0.25) is 9.59 Å². The van der Waals surface area contributed by atoms with Gasteiger partial charge in [-0.05, 0) is 54.6 Å². The second-order valence-corrected chi connectivity index (χ2v) is 8.23. The minimum Gasteiger partial charge on any atom is -0.326 e. The van der Waals surface area contributed by atoms with Gasteiger partial charge in [-0.25, -0.2) is 9.97 Å². The SMILES string of the molecule is CC(=O)Nc1ccc(C(=O)Cn2c3ccc(Br)cc3c3nc4ccccc4nc32)cc1. The number of benzene rings is 3. The number of aromatic nitrogens is 3. The molecule has 0 saturated carbocycles. The van der Waals surface area contributed by atoms with Crippen molar-refractivity contribution in [3.05, 3.63) is 76.8 Å². The molecule has 6 nitrogen and oxygen atoms in total. The van der Waals surface area contributed by atoms with E-state index in [-0.39, 0.29) is 18.2 Å². The highest BCUT2D eigenvalue weighted by Gasteiger charge is 2.18. The zero-order chi connectivity index (χ0) is 21.5. The zero-order valence-corrected chi connectivity index (χ0v) is 18.2. The molecule has 5 aromatic rings. The summed E-state index contributed by atoms with van der Waals surface area (Å²) in [4.78, 5) is 34.0. The highest BCUT2D eigenvalue weighted by atomic mass is 79.9. The first-order chi connectivity index (χ1) is 15.0. The fraction of sp³-hybridized carbons (Fsp3) is 0.0833. The van der Waals surface area contributed by atoms with E-state index in [0.29, 0.717) is 16.9 Å². The van der Waals surface area contributed by atoms with Gasteiger partial charge in [0.2, 0.25) is 5.91 Å². The Hall–Kier alpha value is -3.58. The number of amides is 1. The number of nitrogens with one attached hydrogen (secondary N) is 1. The summed E-state index contributed by atoms with van der Waals surface area (Å²) in [6.45, 7) is 1.58. The summed E-state index contributed by atoms with van der Waals surface area (Å²) in [6.07, 6.45) is 0. The van der Waals surface area contributed by atoms with Crippen LogP contribution in [-0.2, 0) is 11.3 Å². The smallest absolute Gasteiger partial charge is 0.221 e. The van der Waals surface area contributed by atoms with Crippen molar-refractivity contribution in [3.63, 3.8) is 0 Å². The molecule has 0 saturated heterocycles. The van der Waals surface area contributed by atoms with Crippen molar-refractivity contribution in [3.8, 4) is 0 Å². The predicted molar refractivity (Wildman–Crippen MR) is 125 cm³/mol. The standard InChI is InChI=1S/C24H17BrN4O2/c1-14(30)26-17-9-6-15(7-10-17)22(31)13-29-21-11-8-16(25)12-18(21)23-24(29)28-20-5-3-2-4-19(20)27-23/h2-12H,13H2,1H3,(H,26,30). The van der Waals surface area contributed by atoms with Crippen molar-refractivity contribution in [1.29, 1.82) is 0 Å². The molecule has 31 heavy (non-hydrogen) atoms. The van der Waals surface area contributed by atoms with Crippen LogP contribution in [0.5, 0.6) is 0 Å². The number of carbonyl (C=O) groups is 2. The quantitative estimate of drug-likeness (QED) is 0.358. The van der Waals surface area contributed by atoms with E-state index in [0.717, 1.165) is 31.9 Å². The molecule has 2 aromatic heterocycles. The van der Waals surface area contributed by atoms with E-state index in [4.69, 9.17) is 9.97 Å². The molecule has 0 bridgehead atoms. The minimum atomic E-state index is -0.152. The normalized spacial score (nSPS) is 11.3. The average Bonchev–Trinajstić information content (AvgIpc) is 3.04. The summed E-state index contributed by atoms with van der Waals surface area (Å²) in [7, 11) is 0. The van der Waals surface area contributed by atoms with E-state index in [1.807, 2.05) is 47.0 Å². The van der Waals surface area contributed by atoms with Crippen LogP contribution < -0.4 is 5.32 Å². The van der Waals surface area contributed by atoms with Crippen LogP contribution in [0.3, 0.4) is 0 Å². The molecule has 0 radical (unpaired) electrons. The summed E-state index contributed by atoms with van der Waals surface area (Å²) >= 11 is 3.53. The summed E-state index contributed by atoms with van der Waals surface area (Å²) in [5.74, 6) is -0.202. The molecule has 5 rings (SSSR count). The second-order valence-electron chi connectivity index (χ2n) is 7.31. The fourth-order valence-electron chi connectivity index (χ4n) is 3.74. The number of hydrogen-bond donors (Lipinski definition) is 1. The van der Waals surface area contributed by atoms with Crippen LogP contribution in [0.1, 0.15) is 17.3 Å². The lowest BCUT2D eigenvalue weighted by atomic mass is 10.1. The number of halogens is 1. The molecule has 0 aliphatic carbocycles. The third-order valence-electron chi connectivity index (χ3n) is 5.14. The van der Waals surface area contributed by atoms with Gasteiger partial charge in [-0.2, -0.15) is 0 Å². The predicted octanol–water partition coefficient (Wildman–Crippen LogP) is 5.34. The number of anilines is 1. The van der Waals surface area contributed by atoms with Crippen LogP contribution in [-0.4, -0.2) is 26.2 Å². The lowest BCUT2D eigenvalue weighted by Gasteiger charge is -2.08. The highest BCUT2D eigenvalue weighted by molar-refractivity contribution is 9.10. The molecule has 0 fully saturated rings. The number of nitrogens with zero attached hydrogens (tertiary/aromatic N) is 3. The largest absolute Gasteiger partial charge is 0.326 e. The van der Waals surface area contributed by atoms with E-state index in [9.17, 15) is 9.59 Å². The number of ketones is 1. The van der Waals surface area contributed by atoms with Crippen LogP contribution in [0.15, 0.2) is 71.2 Å². The summed E-state index contributed by atoms with van der Waals surface area (Å²) in [6, 6.07) is 20.5. The molecule has 2 heterocycles. The number of carbonyl (C=O) groups excluding carboxylic acids is 2. The second kappa shape index (κ2) is 7.59. The molecule has 1 N–H and O–H groups in total. The van der Waals surface area contributed by atoms with Gasteiger partial charge in [0.1, 0.15) is 5.52 Å². The van der Waals surface area contributed by atoms with Crippen molar-refractivity contribution in [2.24, 2.45) is 0 Å². The summed E-state index contributed by atoms with van der Waals surface area (Å²) in [5, 5.41) is 3.65. The van der Waals surface area contributed by atoms with Crippen molar-refractivity contribution >= 4 is 66.4 Å². The Kier molecular flexibility index (Phi) is 4.75. The maximum atomic E-state index is 13.1. The van der Waals surface area contributed by atoms with Gasteiger partial charge in [0, 0.05) is 28.0 Å². The van der Waals surface area contributed by atoms with Crippen LogP contribution in [0.25, 0.3) is 33.1 Å². The lowest BCUT2D eigenvalue weighted by Crippen LogP contribution is -2.11. The van der Waals surface area contributed by atoms with Crippen LogP contribution in [0.2, 0.25) is 0 Å². The minimum absolute atomic E-state index is 0.0500. The van der Waals surface area contributed by atoms with Crippen molar-refractivity contribution in [2.45, 2.75) is 13.5 Å². The Morgan fingerprint density at radius 3 is 2.39 bits per heavy atom. The molecule has 7 heteroatoms. The first kappa shape index (κ1) is 19.4. The number of Topliss-reactive ketones (excluding diaryl/α,β-unsaturated/α-hetero) is 1. The van der Waals surface area contributed by atoms with Crippen LogP contribution in [0, 0.1) is 0 Å². The van der Waals surface area contributed by atoms with Gasteiger partial charge >= 0.3 is 0 Å². The van der Waals surface area contributed by atoms with E-state index in [2.05, 4.69) is 21.2 Å². The Bertz CT molecular complexity index is 1490. The van der Waals surface area contributed by atoms with Gasteiger partial charge in [-0.15, -0.1) is 0 Å². The van der Waals surface area contributed by atoms with Gasteiger partial charge in [0.05, 0.1) is 23.1 Å². The van der Waals surface area contributed by atoms with Gasteiger partial charge in [0.25, 0.3) is 0 Å². The Labute approximate surface area is 186 Å². The molecule has 152 valence electrons. The number of para-hydroxylation sites is 2. The van der Waals surface area contributed by atoms with Crippen molar-refractivity contribution < 1.29 is 9.59 Å².